The predicted molar refractivity (Wildman–Crippen MR) is 83.4 cm³/mol. The summed E-state index contributed by atoms with van der Waals surface area (Å²) in [6.45, 7) is 0.278. The van der Waals surface area contributed by atoms with Gasteiger partial charge in [-0.3, -0.25) is 0 Å². The molecule has 126 valence electrons. The second kappa shape index (κ2) is 8.63. The molecule has 1 rings (SSSR count). The van der Waals surface area contributed by atoms with Crippen LogP contribution in [0.4, 0.5) is 9.59 Å². The van der Waals surface area contributed by atoms with Crippen LogP contribution in [0.3, 0.4) is 0 Å². The first kappa shape index (κ1) is 18.3. The maximum atomic E-state index is 11.6. The van der Waals surface area contributed by atoms with Crippen molar-refractivity contribution in [2.45, 2.75) is 31.4 Å². The highest BCUT2D eigenvalue weighted by Gasteiger charge is 2.24. The Labute approximate surface area is 132 Å². The number of carbonyl (C=O) groups is 2. The van der Waals surface area contributed by atoms with E-state index in [0.717, 1.165) is 6.42 Å². The van der Waals surface area contributed by atoms with Gasteiger partial charge in [0.05, 0.1) is 6.61 Å². The van der Waals surface area contributed by atoms with Crippen LogP contribution in [-0.4, -0.2) is 68.9 Å². The average Bonchev–Trinajstić information content (AvgIpc) is 2.43. The van der Waals surface area contributed by atoms with Crippen LogP contribution in [-0.2, 0) is 9.47 Å². The highest BCUT2D eigenvalue weighted by molar-refractivity contribution is 5.67. The van der Waals surface area contributed by atoms with Gasteiger partial charge in [0.25, 0.3) is 0 Å². The first-order valence-electron chi connectivity index (χ1n) is 7.45. The van der Waals surface area contributed by atoms with Crippen molar-refractivity contribution in [2.75, 3.05) is 34.8 Å². The Bertz CT molecular complexity index is 410. The monoisotopic (exact) mass is 313 g/mol. The molecule has 1 aliphatic rings. The van der Waals surface area contributed by atoms with Crippen LogP contribution in [0.1, 0.15) is 19.3 Å². The lowest BCUT2D eigenvalue weighted by atomic mass is 9.90. The van der Waals surface area contributed by atoms with Gasteiger partial charge in [-0.2, -0.15) is 0 Å². The first-order chi connectivity index (χ1) is 10.3. The minimum absolute atomic E-state index is 0.0504. The van der Waals surface area contributed by atoms with E-state index < -0.39 is 0 Å². The number of nitrogens with two attached hydrogens (primary N) is 1. The molecule has 3 atom stereocenters. The molecule has 0 fully saturated rings. The van der Waals surface area contributed by atoms with Gasteiger partial charge >= 0.3 is 12.2 Å². The van der Waals surface area contributed by atoms with Crippen molar-refractivity contribution in [3.63, 3.8) is 0 Å². The molecule has 0 unspecified atom stereocenters. The molecule has 22 heavy (non-hydrogen) atoms. The smallest absolute Gasteiger partial charge is 0.409 e. The summed E-state index contributed by atoms with van der Waals surface area (Å²) < 4.78 is 10.6. The van der Waals surface area contributed by atoms with E-state index in [0.29, 0.717) is 12.8 Å². The van der Waals surface area contributed by atoms with E-state index >= 15 is 0 Å². The van der Waals surface area contributed by atoms with E-state index in [1.807, 2.05) is 12.2 Å². The van der Waals surface area contributed by atoms with Gasteiger partial charge in [-0.05, 0) is 25.3 Å². The predicted octanol–water partition coefficient (Wildman–Crippen LogP) is 1.44. The topological polar surface area (TPSA) is 85.1 Å². The molecule has 0 bridgehead atoms. The maximum absolute atomic E-state index is 11.6. The van der Waals surface area contributed by atoms with Gasteiger partial charge in [-0.25, -0.2) is 9.59 Å². The molecule has 0 saturated heterocycles. The summed E-state index contributed by atoms with van der Waals surface area (Å²) in [7, 11) is 6.57. The summed E-state index contributed by atoms with van der Waals surface area (Å²) in [5.74, 6) is 0.0504. The molecule has 0 aliphatic heterocycles. The van der Waals surface area contributed by atoms with Crippen molar-refractivity contribution in [1.29, 1.82) is 0 Å². The number of hydrogen-bond acceptors (Lipinski definition) is 5. The molecule has 7 nitrogen and oxygen atoms in total. The fourth-order valence-electron chi connectivity index (χ4n) is 2.12. The second-order valence-electron chi connectivity index (χ2n) is 5.95. The summed E-state index contributed by atoms with van der Waals surface area (Å²) in [5, 5.41) is 0. The molecule has 1 aliphatic carbocycles. The molecule has 0 saturated carbocycles. The van der Waals surface area contributed by atoms with E-state index in [1.165, 1.54) is 9.80 Å². The Morgan fingerprint density at radius 3 is 2.36 bits per heavy atom. The van der Waals surface area contributed by atoms with Gasteiger partial charge in [-0.1, -0.05) is 6.08 Å². The van der Waals surface area contributed by atoms with E-state index in [4.69, 9.17) is 15.2 Å². The Morgan fingerprint density at radius 2 is 1.77 bits per heavy atom. The standard InChI is InChI=1S/C15H27N3O4/c1-17(2)14(19)21-10-11-8-9-12(6-5-7-13(11)16)22-15(20)18(3)4/h5-6,11-13H,7-10,16H2,1-4H3/b6-5-/t11-,12-,13-/m1/s1. The van der Waals surface area contributed by atoms with Gasteiger partial charge < -0.3 is 25.0 Å². The van der Waals surface area contributed by atoms with Crippen LogP contribution in [0.2, 0.25) is 0 Å². The van der Waals surface area contributed by atoms with Crippen molar-refractivity contribution in [3.8, 4) is 0 Å². The highest BCUT2D eigenvalue weighted by atomic mass is 16.6. The summed E-state index contributed by atoms with van der Waals surface area (Å²) >= 11 is 0. The lowest BCUT2D eigenvalue weighted by molar-refractivity contribution is 0.0736. The van der Waals surface area contributed by atoms with Gasteiger partial charge in [0.2, 0.25) is 0 Å². The van der Waals surface area contributed by atoms with Gasteiger partial charge in [-0.15, -0.1) is 0 Å². The van der Waals surface area contributed by atoms with Crippen molar-refractivity contribution in [3.05, 3.63) is 12.2 Å². The Morgan fingerprint density at radius 1 is 1.14 bits per heavy atom. The van der Waals surface area contributed by atoms with E-state index in [1.54, 1.807) is 28.2 Å². The quantitative estimate of drug-likeness (QED) is 0.797. The van der Waals surface area contributed by atoms with Crippen molar-refractivity contribution < 1.29 is 19.1 Å². The lowest BCUT2D eigenvalue weighted by Gasteiger charge is -2.27. The summed E-state index contributed by atoms with van der Waals surface area (Å²) in [5.41, 5.74) is 6.13. The van der Waals surface area contributed by atoms with Crippen LogP contribution < -0.4 is 5.73 Å². The van der Waals surface area contributed by atoms with Gasteiger partial charge in [0, 0.05) is 40.2 Å². The average molecular weight is 313 g/mol. The number of ether oxygens (including phenoxy) is 2. The molecular weight excluding hydrogens is 286 g/mol. The molecule has 7 heteroatoms. The SMILES string of the molecule is CN(C)C(=O)OC[C@H]1CC[C@H](OC(=O)N(C)C)/C=C\C[C@H]1N. The van der Waals surface area contributed by atoms with Crippen LogP contribution in [0.15, 0.2) is 12.2 Å². The molecule has 0 radical (unpaired) electrons. The van der Waals surface area contributed by atoms with Gasteiger partial charge in [0.1, 0.15) is 6.10 Å². The maximum Gasteiger partial charge on any atom is 0.409 e. The number of amides is 2. The van der Waals surface area contributed by atoms with E-state index in [-0.39, 0.29) is 36.9 Å². The fraction of sp³-hybridized carbons (Fsp3) is 0.733. The molecule has 0 aromatic carbocycles. The number of nitrogens with zero attached hydrogens (tertiary/aromatic N) is 2. The number of rotatable bonds is 3. The largest absolute Gasteiger partial charge is 0.449 e. The van der Waals surface area contributed by atoms with Crippen LogP contribution >= 0.6 is 0 Å². The lowest BCUT2D eigenvalue weighted by Crippen LogP contribution is -2.37. The highest BCUT2D eigenvalue weighted by Crippen LogP contribution is 2.21. The fourth-order valence-corrected chi connectivity index (χ4v) is 2.12. The third-order valence-corrected chi connectivity index (χ3v) is 3.59. The van der Waals surface area contributed by atoms with Crippen LogP contribution in [0.5, 0.6) is 0 Å². The zero-order valence-electron chi connectivity index (χ0n) is 13.8. The van der Waals surface area contributed by atoms with E-state index in [2.05, 4.69) is 0 Å². The molecular formula is C15H27N3O4. The first-order valence-corrected chi connectivity index (χ1v) is 7.45. The summed E-state index contributed by atoms with van der Waals surface area (Å²) in [6, 6.07) is -0.0725. The normalized spacial score (nSPS) is 26.3. The Hall–Kier alpha value is -1.76. The van der Waals surface area contributed by atoms with Crippen molar-refractivity contribution in [2.24, 2.45) is 11.7 Å². The summed E-state index contributed by atoms with van der Waals surface area (Å²) in [6.07, 6.45) is 4.86. The number of carbonyl (C=O) groups excluding carboxylic acids is 2. The Balaban J connectivity index is 2.55. The Kier molecular flexibility index (Phi) is 7.17. The van der Waals surface area contributed by atoms with Gasteiger partial charge in [0.15, 0.2) is 0 Å². The number of hydrogen-bond donors (Lipinski definition) is 1. The third-order valence-electron chi connectivity index (χ3n) is 3.59. The second-order valence-corrected chi connectivity index (χ2v) is 5.95. The van der Waals surface area contributed by atoms with Crippen LogP contribution in [0.25, 0.3) is 0 Å². The zero-order chi connectivity index (χ0) is 16.7. The van der Waals surface area contributed by atoms with Crippen molar-refractivity contribution >= 4 is 12.2 Å². The summed E-state index contributed by atoms with van der Waals surface area (Å²) in [4.78, 5) is 25.9. The third kappa shape index (κ3) is 5.93. The minimum atomic E-state index is -0.375. The molecule has 0 heterocycles. The molecule has 0 aromatic heterocycles. The molecule has 0 aromatic rings. The molecule has 0 spiro atoms. The molecule has 2 amide bonds. The van der Waals surface area contributed by atoms with Crippen molar-refractivity contribution in [1.82, 2.24) is 9.80 Å². The zero-order valence-corrected chi connectivity index (χ0v) is 13.8. The van der Waals surface area contributed by atoms with Crippen LogP contribution in [0, 0.1) is 5.92 Å². The minimum Gasteiger partial charge on any atom is -0.449 e. The van der Waals surface area contributed by atoms with E-state index in [9.17, 15) is 9.59 Å². The molecule has 2 N–H and O–H groups in total.